The minimum absolute atomic E-state index is 0.00169. The fourth-order valence-electron chi connectivity index (χ4n) is 4.97. The predicted molar refractivity (Wildman–Crippen MR) is 68.5 cm³/mol. The van der Waals surface area contributed by atoms with Crippen LogP contribution < -0.4 is 0 Å². The van der Waals surface area contributed by atoms with Crippen molar-refractivity contribution < 1.29 is 4.74 Å². The molecule has 0 radical (unpaired) electrons. The molecule has 0 aromatic rings. The van der Waals surface area contributed by atoms with Gasteiger partial charge in [-0.25, -0.2) is 0 Å². The molecule has 4 aliphatic carbocycles. The van der Waals surface area contributed by atoms with Crippen LogP contribution in [0.3, 0.4) is 0 Å². The molecule has 0 aromatic heterocycles. The summed E-state index contributed by atoms with van der Waals surface area (Å²) in [5.41, 5.74) is -0.00169. The van der Waals surface area contributed by atoms with Crippen LogP contribution in [-0.2, 0) is 4.74 Å². The zero-order valence-corrected chi connectivity index (χ0v) is 11.0. The van der Waals surface area contributed by atoms with Gasteiger partial charge in [0.2, 0.25) is 0 Å². The lowest BCUT2D eigenvalue weighted by atomic mass is 9.76. The van der Waals surface area contributed by atoms with Crippen LogP contribution in [0.15, 0.2) is 24.3 Å². The van der Waals surface area contributed by atoms with Crippen molar-refractivity contribution in [3.8, 4) is 0 Å². The molecule has 1 nitrogen and oxygen atoms in total. The van der Waals surface area contributed by atoms with Gasteiger partial charge in [-0.15, -0.1) is 0 Å². The van der Waals surface area contributed by atoms with Crippen LogP contribution in [0.2, 0.25) is 0 Å². The van der Waals surface area contributed by atoms with Gasteiger partial charge in [0.25, 0.3) is 0 Å². The average Bonchev–Trinajstić information content (AvgIpc) is 2.93. The molecule has 2 saturated carbocycles. The number of allylic oxidation sites excluding steroid dienone is 2. The Bertz CT molecular complexity index is 372. The molecule has 0 aliphatic heterocycles. The van der Waals surface area contributed by atoms with Gasteiger partial charge in [0.15, 0.2) is 0 Å². The third kappa shape index (κ3) is 1.29. The number of hydrogen-bond acceptors (Lipinski definition) is 1. The van der Waals surface area contributed by atoms with Crippen molar-refractivity contribution in [2.45, 2.75) is 38.9 Å². The summed E-state index contributed by atoms with van der Waals surface area (Å²) < 4.78 is 6.36. The maximum absolute atomic E-state index is 6.36. The van der Waals surface area contributed by atoms with E-state index in [0.29, 0.717) is 17.9 Å². The summed E-state index contributed by atoms with van der Waals surface area (Å²) in [6, 6.07) is 0. The summed E-state index contributed by atoms with van der Waals surface area (Å²) in [6.45, 7) is 6.56. The van der Waals surface area contributed by atoms with E-state index in [9.17, 15) is 0 Å². The number of rotatable bonds is 1. The smallest absolute Gasteiger partial charge is 0.0713 e. The van der Waals surface area contributed by atoms with Crippen molar-refractivity contribution in [3.05, 3.63) is 24.3 Å². The lowest BCUT2D eigenvalue weighted by Gasteiger charge is -2.29. The highest BCUT2D eigenvalue weighted by Gasteiger charge is 2.61. The minimum atomic E-state index is -0.00169. The molecule has 1 heteroatoms. The van der Waals surface area contributed by atoms with Gasteiger partial charge >= 0.3 is 0 Å². The summed E-state index contributed by atoms with van der Waals surface area (Å²) >= 11 is 0. The van der Waals surface area contributed by atoms with Gasteiger partial charge < -0.3 is 4.74 Å². The normalized spacial score (nSPS) is 53.7. The average molecular weight is 230 g/mol. The Balaban J connectivity index is 1.64. The van der Waals surface area contributed by atoms with Crippen molar-refractivity contribution in [1.82, 2.24) is 0 Å². The third-order valence-electron chi connectivity index (χ3n) is 5.28. The first-order valence-electron chi connectivity index (χ1n) is 7.09. The highest BCUT2D eigenvalue weighted by Crippen LogP contribution is 2.64. The van der Waals surface area contributed by atoms with Gasteiger partial charge in [0, 0.05) is 11.8 Å². The predicted octanol–water partition coefficient (Wildman–Crippen LogP) is 3.42. The number of ether oxygens (including phenoxy) is 1. The molecule has 2 fully saturated rings. The molecule has 0 N–H and O–H groups in total. The second-order valence-electron chi connectivity index (χ2n) is 7.34. The molecule has 0 amide bonds. The molecule has 0 aromatic carbocycles. The van der Waals surface area contributed by atoms with Gasteiger partial charge in [-0.3, -0.25) is 0 Å². The highest BCUT2D eigenvalue weighted by atomic mass is 16.5. The van der Waals surface area contributed by atoms with Crippen molar-refractivity contribution in [3.63, 3.8) is 0 Å². The van der Waals surface area contributed by atoms with Crippen LogP contribution >= 0.6 is 0 Å². The molecule has 4 bridgehead atoms. The highest BCUT2D eigenvalue weighted by molar-refractivity contribution is 5.29. The van der Waals surface area contributed by atoms with E-state index in [1.807, 2.05) is 0 Å². The standard InChI is InChI=1S/C16H22O/c1-16(2,3)17-15-11-6-7-12(15)14-10-5-4-9(8-10)13(11)14/h4-7,9-15H,8H2,1-3H3/t9-,10+,11-,12?,13?,14?,15?/m0/s1. The van der Waals surface area contributed by atoms with Crippen LogP contribution in [0.4, 0.5) is 0 Å². The van der Waals surface area contributed by atoms with Crippen LogP contribution in [-0.4, -0.2) is 11.7 Å². The first-order valence-corrected chi connectivity index (χ1v) is 7.09. The lowest BCUT2D eigenvalue weighted by Crippen LogP contribution is -2.32. The van der Waals surface area contributed by atoms with Crippen molar-refractivity contribution in [2.75, 3.05) is 0 Å². The molecular weight excluding hydrogens is 208 g/mol. The summed E-state index contributed by atoms with van der Waals surface area (Å²) in [5.74, 6) is 4.90. The van der Waals surface area contributed by atoms with Gasteiger partial charge in [-0.1, -0.05) is 24.3 Å². The molecule has 4 aliphatic rings. The van der Waals surface area contributed by atoms with E-state index >= 15 is 0 Å². The van der Waals surface area contributed by atoms with E-state index < -0.39 is 0 Å². The maximum atomic E-state index is 6.36. The second-order valence-corrected chi connectivity index (χ2v) is 7.34. The molecule has 0 heterocycles. The maximum Gasteiger partial charge on any atom is 0.0713 e. The third-order valence-corrected chi connectivity index (χ3v) is 5.28. The molecule has 4 unspecified atom stereocenters. The Morgan fingerprint density at radius 2 is 1.41 bits per heavy atom. The van der Waals surface area contributed by atoms with E-state index in [-0.39, 0.29) is 5.60 Å². The van der Waals surface area contributed by atoms with Gasteiger partial charge in [-0.05, 0) is 50.9 Å². The molecule has 4 rings (SSSR count). The number of hydrogen-bond donors (Lipinski definition) is 0. The summed E-state index contributed by atoms with van der Waals surface area (Å²) in [5, 5.41) is 0. The molecule has 92 valence electrons. The van der Waals surface area contributed by atoms with E-state index in [1.54, 1.807) is 0 Å². The zero-order chi connectivity index (χ0) is 11.8. The Labute approximate surface area is 104 Å². The summed E-state index contributed by atoms with van der Waals surface area (Å²) in [6.07, 6.45) is 11.8. The first kappa shape index (κ1) is 10.4. The Morgan fingerprint density at radius 1 is 0.882 bits per heavy atom. The van der Waals surface area contributed by atoms with Crippen LogP contribution in [0, 0.1) is 35.5 Å². The molecule has 7 atom stereocenters. The van der Waals surface area contributed by atoms with Crippen LogP contribution in [0.1, 0.15) is 27.2 Å². The number of fused-ring (bicyclic) bond motifs is 9. The lowest BCUT2D eigenvalue weighted by molar-refractivity contribution is -0.0810. The molecular formula is C16H22O. The SMILES string of the molecule is CC(C)(C)OC1C2C=C[C@H]1C1C2[C@@H]2C=C[C@H]1C2. The fourth-order valence-corrected chi connectivity index (χ4v) is 4.97. The van der Waals surface area contributed by atoms with Crippen molar-refractivity contribution >= 4 is 0 Å². The molecule has 17 heavy (non-hydrogen) atoms. The van der Waals surface area contributed by atoms with Crippen LogP contribution in [0.5, 0.6) is 0 Å². The quantitative estimate of drug-likeness (QED) is 0.495. The van der Waals surface area contributed by atoms with Crippen molar-refractivity contribution in [2.24, 2.45) is 35.5 Å². The summed E-state index contributed by atoms with van der Waals surface area (Å²) in [4.78, 5) is 0. The van der Waals surface area contributed by atoms with Crippen LogP contribution in [0.25, 0.3) is 0 Å². The first-order chi connectivity index (χ1) is 8.04. The van der Waals surface area contributed by atoms with Gasteiger partial charge in [0.05, 0.1) is 11.7 Å². The van der Waals surface area contributed by atoms with E-state index in [2.05, 4.69) is 45.1 Å². The Kier molecular flexibility index (Phi) is 1.87. The van der Waals surface area contributed by atoms with E-state index in [1.165, 1.54) is 6.42 Å². The fraction of sp³-hybridized carbons (Fsp3) is 0.750. The van der Waals surface area contributed by atoms with Gasteiger partial charge in [0.1, 0.15) is 0 Å². The topological polar surface area (TPSA) is 9.23 Å². The Morgan fingerprint density at radius 3 is 1.88 bits per heavy atom. The minimum Gasteiger partial charge on any atom is -0.371 e. The second kappa shape index (κ2) is 3.06. The zero-order valence-electron chi connectivity index (χ0n) is 11.0. The largest absolute Gasteiger partial charge is 0.371 e. The summed E-state index contributed by atoms with van der Waals surface area (Å²) in [7, 11) is 0. The van der Waals surface area contributed by atoms with Crippen molar-refractivity contribution in [1.29, 1.82) is 0 Å². The Hall–Kier alpha value is -0.560. The van der Waals surface area contributed by atoms with E-state index in [0.717, 1.165) is 23.7 Å². The monoisotopic (exact) mass is 230 g/mol. The molecule has 0 saturated heterocycles. The van der Waals surface area contributed by atoms with E-state index in [4.69, 9.17) is 4.74 Å². The molecule has 0 spiro atoms. The van der Waals surface area contributed by atoms with Gasteiger partial charge in [-0.2, -0.15) is 0 Å².